The van der Waals surface area contributed by atoms with Crippen LogP contribution in [0.4, 0.5) is 11.4 Å². The van der Waals surface area contributed by atoms with Gasteiger partial charge in [0.1, 0.15) is 6.61 Å². The summed E-state index contributed by atoms with van der Waals surface area (Å²) in [6, 6.07) is 14.3. The van der Waals surface area contributed by atoms with Crippen molar-refractivity contribution in [3.8, 4) is 0 Å². The van der Waals surface area contributed by atoms with E-state index < -0.39 is 24.0 Å². The lowest BCUT2D eigenvalue weighted by Crippen LogP contribution is -2.56. The fourth-order valence-electron chi connectivity index (χ4n) is 3.93. The Hall–Kier alpha value is -2.98. The van der Waals surface area contributed by atoms with Crippen molar-refractivity contribution in [2.45, 2.75) is 18.6 Å². The van der Waals surface area contributed by atoms with Gasteiger partial charge in [-0.25, -0.2) is 0 Å². The molecule has 2 unspecified atom stereocenters. The van der Waals surface area contributed by atoms with E-state index in [-0.39, 0.29) is 32.2 Å². The first-order valence-corrected chi connectivity index (χ1v) is 11.4. The Kier molecular flexibility index (Phi) is 7.79. The van der Waals surface area contributed by atoms with Crippen LogP contribution in [0.1, 0.15) is 5.56 Å². The smallest absolute Gasteiger partial charge is 0.259 e. The minimum absolute atomic E-state index is 0.0160. The van der Waals surface area contributed by atoms with Crippen molar-refractivity contribution in [2.24, 2.45) is 0 Å². The molecule has 0 spiro atoms. The van der Waals surface area contributed by atoms with Gasteiger partial charge in [-0.05, 0) is 42.3 Å². The number of hydrogen-bond donors (Lipinski definition) is 2. The van der Waals surface area contributed by atoms with Crippen LogP contribution in [-0.4, -0.2) is 74.5 Å². The van der Waals surface area contributed by atoms with Gasteiger partial charge in [-0.3, -0.25) is 14.4 Å². The maximum absolute atomic E-state index is 13.1. The van der Waals surface area contributed by atoms with Crippen molar-refractivity contribution in [2.75, 3.05) is 49.3 Å². The van der Waals surface area contributed by atoms with Crippen LogP contribution in [0.3, 0.4) is 0 Å². The molecule has 0 aromatic heterocycles. The Morgan fingerprint density at radius 2 is 1.79 bits per heavy atom. The van der Waals surface area contributed by atoms with Gasteiger partial charge < -0.3 is 29.7 Å². The average Bonchev–Trinajstić information content (AvgIpc) is 2.85. The highest BCUT2D eigenvalue weighted by Crippen LogP contribution is 2.26. The van der Waals surface area contributed by atoms with E-state index in [9.17, 15) is 19.5 Å². The summed E-state index contributed by atoms with van der Waals surface area (Å²) in [6.45, 7) is 1.59. The second kappa shape index (κ2) is 11.0. The van der Waals surface area contributed by atoms with Crippen molar-refractivity contribution in [3.05, 3.63) is 59.1 Å². The molecule has 2 fully saturated rings. The Morgan fingerprint density at radius 1 is 1.09 bits per heavy atom. The molecule has 34 heavy (non-hydrogen) atoms. The highest BCUT2D eigenvalue weighted by Gasteiger charge is 2.39. The molecule has 0 saturated carbocycles. The molecule has 2 atom stereocenters. The number of carbonyl (C=O) groups is 3. The molecule has 2 aromatic carbocycles. The third-order valence-electron chi connectivity index (χ3n) is 5.74. The first-order valence-electron chi connectivity index (χ1n) is 11.1. The molecule has 2 N–H and O–H groups in total. The van der Waals surface area contributed by atoms with Gasteiger partial charge in [-0.15, -0.1) is 0 Å². The molecule has 4 rings (SSSR count). The van der Waals surface area contributed by atoms with E-state index in [0.29, 0.717) is 36.0 Å². The SMILES string of the molecule is O=C(NCCc1ccc(Cl)cc1)C(O)C1OCCN(c2cccc(N3CCOCC3=O)c2)C1=O. The number of halogens is 1. The highest BCUT2D eigenvalue weighted by atomic mass is 35.5. The van der Waals surface area contributed by atoms with E-state index in [4.69, 9.17) is 21.1 Å². The van der Waals surface area contributed by atoms with Crippen LogP contribution >= 0.6 is 11.6 Å². The topological polar surface area (TPSA) is 108 Å². The zero-order valence-corrected chi connectivity index (χ0v) is 19.2. The molecule has 2 aromatic rings. The Balaban J connectivity index is 1.38. The van der Waals surface area contributed by atoms with E-state index in [1.54, 1.807) is 41.3 Å². The lowest BCUT2D eigenvalue weighted by atomic mass is 10.1. The van der Waals surface area contributed by atoms with E-state index >= 15 is 0 Å². The molecule has 180 valence electrons. The lowest BCUT2D eigenvalue weighted by molar-refractivity contribution is -0.152. The van der Waals surface area contributed by atoms with Crippen molar-refractivity contribution in [1.29, 1.82) is 0 Å². The van der Waals surface area contributed by atoms with Crippen LogP contribution in [0.5, 0.6) is 0 Å². The molecule has 2 heterocycles. The van der Waals surface area contributed by atoms with Gasteiger partial charge in [0.15, 0.2) is 12.2 Å². The van der Waals surface area contributed by atoms with Gasteiger partial charge in [0.2, 0.25) is 0 Å². The summed E-state index contributed by atoms with van der Waals surface area (Å²) in [7, 11) is 0. The summed E-state index contributed by atoms with van der Waals surface area (Å²) in [4.78, 5) is 40.8. The summed E-state index contributed by atoms with van der Waals surface area (Å²) >= 11 is 5.87. The standard InChI is InChI=1S/C24H26ClN3O6/c25-17-6-4-16(5-7-17)8-9-26-23(31)21(30)22-24(32)28(11-13-34-22)19-3-1-2-18(14-19)27-10-12-33-15-20(27)29/h1-7,14,21-22,30H,8-13,15H2,(H,26,31). The number of hydrogen-bond acceptors (Lipinski definition) is 6. The number of ether oxygens (including phenoxy) is 2. The second-order valence-electron chi connectivity index (χ2n) is 8.01. The molecule has 10 heteroatoms. The van der Waals surface area contributed by atoms with Crippen molar-refractivity contribution in [1.82, 2.24) is 5.32 Å². The van der Waals surface area contributed by atoms with Gasteiger partial charge in [-0.1, -0.05) is 29.8 Å². The quantitative estimate of drug-likeness (QED) is 0.606. The second-order valence-corrected chi connectivity index (χ2v) is 8.45. The van der Waals surface area contributed by atoms with Gasteiger partial charge in [-0.2, -0.15) is 0 Å². The van der Waals surface area contributed by atoms with Gasteiger partial charge in [0, 0.05) is 36.0 Å². The first-order chi connectivity index (χ1) is 16.4. The molecule has 0 radical (unpaired) electrons. The average molecular weight is 488 g/mol. The van der Waals surface area contributed by atoms with Crippen LogP contribution in [-0.2, 0) is 30.3 Å². The van der Waals surface area contributed by atoms with Crippen molar-refractivity contribution in [3.63, 3.8) is 0 Å². The molecule has 9 nitrogen and oxygen atoms in total. The van der Waals surface area contributed by atoms with Crippen LogP contribution in [0.15, 0.2) is 48.5 Å². The molecule has 2 saturated heterocycles. The Bertz CT molecular complexity index is 1050. The first kappa shape index (κ1) is 24.2. The number of rotatable bonds is 7. The molecule has 2 aliphatic rings. The normalized spacial score (nSPS) is 19.8. The number of nitrogens with one attached hydrogen (secondary N) is 1. The minimum Gasteiger partial charge on any atom is -0.380 e. The van der Waals surface area contributed by atoms with Crippen molar-refractivity contribution < 1.29 is 29.0 Å². The molecule has 0 bridgehead atoms. The largest absolute Gasteiger partial charge is 0.380 e. The Labute approximate surface area is 202 Å². The van der Waals surface area contributed by atoms with E-state index in [1.807, 2.05) is 12.1 Å². The third kappa shape index (κ3) is 5.56. The predicted molar refractivity (Wildman–Crippen MR) is 126 cm³/mol. The number of amides is 3. The number of anilines is 2. The number of aliphatic hydroxyl groups excluding tert-OH is 1. The zero-order chi connectivity index (χ0) is 24.1. The summed E-state index contributed by atoms with van der Waals surface area (Å²) in [5, 5.41) is 13.8. The monoisotopic (exact) mass is 487 g/mol. The molecule has 2 aliphatic heterocycles. The van der Waals surface area contributed by atoms with Gasteiger partial charge in [0.05, 0.1) is 13.2 Å². The van der Waals surface area contributed by atoms with E-state index in [1.165, 1.54) is 4.90 Å². The van der Waals surface area contributed by atoms with E-state index in [2.05, 4.69) is 5.32 Å². The molecule has 3 amide bonds. The number of carbonyl (C=O) groups excluding carboxylic acids is 3. The van der Waals surface area contributed by atoms with Crippen molar-refractivity contribution >= 4 is 40.7 Å². The molecular formula is C24H26ClN3O6. The number of aliphatic hydroxyl groups is 1. The summed E-state index contributed by atoms with van der Waals surface area (Å²) in [5.74, 6) is -1.35. The maximum atomic E-state index is 13.1. The van der Waals surface area contributed by atoms with E-state index in [0.717, 1.165) is 5.56 Å². The predicted octanol–water partition coefficient (Wildman–Crippen LogP) is 1.15. The van der Waals surface area contributed by atoms with Gasteiger partial charge >= 0.3 is 0 Å². The number of nitrogens with zero attached hydrogens (tertiary/aromatic N) is 2. The summed E-state index contributed by atoms with van der Waals surface area (Å²) in [5.41, 5.74) is 2.20. The molecular weight excluding hydrogens is 462 g/mol. The van der Waals surface area contributed by atoms with Crippen LogP contribution in [0, 0.1) is 0 Å². The van der Waals surface area contributed by atoms with Crippen LogP contribution in [0.25, 0.3) is 0 Å². The number of benzene rings is 2. The van der Waals surface area contributed by atoms with Gasteiger partial charge in [0.25, 0.3) is 17.7 Å². The zero-order valence-electron chi connectivity index (χ0n) is 18.5. The third-order valence-corrected chi connectivity index (χ3v) is 5.99. The summed E-state index contributed by atoms with van der Waals surface area (Å²) < 4.78 is 10.6. The molecule has 0 aliphatic carbocycles. The maximum Gasteiger partial charge on any atom is 0.259 e. The highest BCUT2D eigenvalue weighted by molar-refractivity contribution is 6.30. The number of morpholine rings is 2. The Morgan fingerprint density at radius 3 is 2.53 bits per heavy atom. The fourth-order valence-corrected chi connectivity index (χ4v) is 4.06. The minimum atomic E-state index is -1.65. The van der Waals surface area contributed by atoms with Crippen LogP contribution in [0.2, 0.25) is 5.02 Å². The van der Waals surface area contributed by atoms with Crippen LogP contribution < -0.4 is 15.1 Å². The summed E-state index contributed by atoms with van der Waals surface area (Å²) in [6.07, 6.45) is -2.42. The fraction of sp³-hybridized carbons (Fsp3) is 0.375. The lowest BCUT2D eigenvalue weighted by Gasteiger charge is -2.35.